The molecule has 6 heteroatoms. The molecule has 0 aliphatic carbocycles. The summed E-state index contributed by atoms with van der Waals surface area (Å²) < 4.78 is 0. The van der Waals surface area contributed by atoms with Gasteiger partial charge >= 0.3 is 0 Å². The Balaban J connectivity index is 1.86. The second kappa shape index (κ2) is 5.53. The molecule has 1 fully saturated rings. The van der Waals surface area contributed by atoms with Crippen molar-refractivity contribution in [2.75, 3.05) is 18.0 Å². The average molecular weight is 300 g/mol. The molecule has 1 aliphatic rings. The predicted molar refractivity (Wildman–Crippen MR) is 84.9 cm³/mol. The summed E-state index contributed by atoms with van der Waals surface area (Å²) >= 11 is 0. The molecular formula is C16H20N4O2. The normalized spacial score (nSPS) is 21.3. The highest BCUT2D eigenvalue weighted by Gasteiger charge is 2.31. The molecule has 1 saturated heterocycles. The zero-order valence-electron chi connectivity index (χ0n) is 12.8. The standard InChI is InChI=1S/C16H20N4O2/c1-3-12-8-14(21)19-15(18-12)11-4-5-13(17-9-11)20-7-6-16(2,22)10-20/h4-5,8-9,22H,3,6-7,10H2,1-2H3,(H,18,19,21). The molecule has 0 bridgehead atoms. The number of aromatic amines is 1. The van der Waals surface area contributed by atoms with Crippen molar-refractivity contribution in [1.82, 2.24) is 15.0 Å². The monoisotopic (exact) mass is 300 g/mol. The van der Waals surface area contributed by atoms with Crippen LogP contribution in [0.3, 0.4) is 0 Å². The van der Waals surface area contributed by atoms with Gasteiger partial charge < -0.3 is 15.0 Å². The number of aromatic nitrogens is 3. The smallest absolute Gasteiger partial charge is 0.251 e. The summed E-state index contributed by atoms with van der Waals surface area (Å²) in [6.45, 7) is 5.18. The Kier molecular flexibility index (Phi) is 3.70. The number of β-amino-alcohol motifs (C(OH)–C–C–N with tert-alkyl or cyclic N) is 1. The Morgan fingerprint density at radius 2 is 2.27 bits per heavy atom. The van der Waals surface area contributed by atoms with Gasteiger partial charge in [-0.1, -0.05) is 6.92 Å². The fourth-order valence-electron chi connectivity index (χ4n) is 2.68. The molecule has 116 valence electrons. The van der Waals surface area contributed by atoms with Crippen molar-refractivity contribution in [1.29, 1.82) is 0 Å². The van der Waals surface area contributed by atoms with E-state index in [0.29, 0.717) is 18.8 Å². The lowest BCUT2D eigenvalue weighted by atomic mass is 10.1. The van der Waals surface area contributed by atoms with Crippen LogP contribution in [-0.4, -0.2) is 38.7 Å². The van der Waals surface area contributed by atoms with Gasteiger partial charge in [0.15, 0.2) is 0 Å². The van der Waals surface area contributed by atoms with Crippen molar-refractivity contribution in [3.63, 3.8) is 0 Å². The number of nitrogens with one attached hydrogen (secondary N) is 1. The number of nitrogens with zero attached hydrogens (tertiary/aromatic N) is 3. The Labute approximate surface area is 128 Å². The third-order valence-electron chi connectivity index (χ3n) is 3.95. The van der Waals surface area contributed by atoms with E-state index in [0.717, 1.165) is 30.0 Å². The summed E-state index contributed by atoms with van der Waals surface area (Å²) in [4.78, 5) is 25.3. The summed E-state index contributed by atoms with van der Waals surface area (Å²) in [7, 11) is 0. The number of H-pyrrole nitrogens is 1. The molecule has 0 aromatic carbocycles. The van der Waals surface area contributed by atoms with Crippen molar-refractivity contribution in [2.45, 2.75) is 32.3 Å². The van der Waals surface area contributed by atoms with Gasteiger partial charge in [-0.2, -0.15) is 0 Å². The zero-order valence-corrected chi connectivity index (χ0v) is 12.8. The largest absolute Gasteiger partial charge is 0.388 e. The van der Waals surface area contributed by atoms with Gasteiger partial charge in [-0.15, -0.1) is 0 Å². The Morgan fingerprint density at radius 1 is 1.45 bits per heavy atom. The predicted octanol–water partition coefficient (Wildman–Crippen LogP) is 1.36. The van der Waals surface area contributed by atoms with E-state index in [2.05, 4.69) is 19.9 Å². The third-order valence-corrected chi connectivity index (χ3v) is 3.95. The molecule has 1 atom stereocenters. The minimum Gasteiger partial charge on any atom is -0.388 e. The first-order chi connectivity index (χ1) is 10.5. The van der Waals surface area contributed by atoms with Crippen molar-refractivity contribution in [2.24, 2.45) is 0 Å². The maximum Gasteiger partial charge on any atom is 0.251 e. The highest BCUT2D eigenvalue weighted by atomic mass is 16.3. The lowest BCUT2D eigenvalue weighted by Gasteiger charge is -2.19. The molecule has 6 nitrogen and oxygen atoms in total. The molecule has 2 N–H and O–H groups in total. The van der Waals surface area contributed by atoms with E-state index in [1.165, 1.54) is 6.07 Å². The van der Waals surface area contributed by atoms with Crippen LogP contribution in [0.25, 0.3) is 11.4 Å². The Hall–Kier alpha value is -2.21. The number of pyridine rings is 1. The maximum absolute atomic E-state index is 11.6. The van der Waals surface area contributed by atoms with Crippen LogP contribution >= 0.6 is 0 Å². The van der Waals surface area contributed by atoms with Crippen LogP contribution in [0.15, 0.2) is 29.2 Å². The average Bonchev–Trinajstić information content (AvgIpc) is 2.87. The number of rotatable bonds is 3. The van der Waals surface area contributed by atoms with Crippen LogP contribution in [-0.2, 0) is 6.42 Å². The summed E-state index contributed by atoms with van der Waals surface area (Å²) in [5, 5.41) is 10.0. The lowest BCUT2D eigenvalue weighted by Crippen LogP contribution is -2.29. The van der Waals surface area contributed by atoms with E-state index < -0.39 is 5.60 Å². The summed E-state index contributed by atoms with van der Waals surface area (Å²) in [5.74, 6) is 1.37. The molecule has 2 aromatic rings. The third kappa shape index (κ3) is 3.01. The molecule has 2 aromatic heterocycles. The zero-order chi connectivity index (χ0) is 15.7. The van der Waals surface area contributed by atoms with E-state index in [1.807, 2.05) is 26.0 Å². The van der Waals surface area contributed by atoms with Crippen LogP contribution < -0.4 is 10.5 Å². The first-order valence-corrected chi connectivity index (χ1v) is 7.51. The first kappa shape index (κ1) is 14.7. The van der Waals surface area contributed by atoms with Crippen molar-refractivity contribution >= 4 is 5.82 Å². The fourth-order valence-corrected chi connectivity index (χ4v) is 2.68. The van der Waals surface area contributed by atoms with Crippen LogP contribution in [0.1, 0.15) is 26.0 Å². The highest BCUT2D eigenvalue weighted by molar-refractivity contribution is 5.56. The highest BCUT2D eigenvalue weighted by Crippen LogP contribution is 2.25. The number of anilines is 1. The fraction of sp³-hybridized carbons (Fsp3) is 0.438. The summed E-state index contributed by atoms with van der Waals surface area (Å²) in [6.07, 6.45) is 3.16. The van der Waals surface area contributed by atoms with Crippen LogP contribution in [0.5, 0.6) is 0 Å². The first-order valence-electron chi connectivity index (χ1n) is 7.51. The lowest BCUT2D eigenvalue weighted by molar-refractivity contribution is 0.0839. The van der Waals surface area contributed by atoms with Gasteiger partial charge in [-0.25, -0.2) is 9.97 Å². The van der Waals surface area contributed by atoms with Crippen molar-refractivity contribution in [3.8, 4) is 11.4 Å². The minimum absolute atomic E-state index is 0.151. The molecule has 1 unspecified atom stereocenters. The number of hydrogen-bond acceptors (Lipinski definition) is 5. The van der Waals surface area contributed by atoms with Gasteiger partial charge in [0.05, 0.1) is 5.60 Å². The molecule has 0 amide bonds. The Morgan fingerprint density at radius 3 is 2.86 bits per heavy atom. The van der Waals surface area contributed by atoms with Gasteiger partial charge in [-0.05, 0) is 31.9 Å². The molecule has 0 spiro atoms. The van der Waals surface area contributed by atoms with Gasteiger partial charge in [-0.3, -0.25) is 4.79 Å². The topological polar surface area (TPSA) is 82.1 Å². The van der Waals surface area contributed by atoms with Gasteiger partial charge in [0.1, 0.15) is 11.6 Å². The molecule has 3 rings (SSSR count). The van der Waals surface area contributed by atoms with Gasteiger partial charge in [0, 0.05) is 36.6 Å². The number of aliphatic hydroxyl groups is 1. The van der Waals surface area contributed by atoms with Gasteiger partial charge in [0.2, 0.25) is 0 Å². The molecule has 0 radical (unpaired) electrons. The minimum atomic E-state index is -0.650. The van der Waals surface area contributed by atoms with E-state index in [-0.39, 0.29) is 5.56 Å². The second-order valence-electron chi connectivity index (χ2n) is 6.01. The van der Waals surface area contributed by atoms with Crippen molar-refractivity contribution in [3.05, 3.63) is 40.4 Å². The summed E-state index contributed by atoms with van der Waals surface area (Å²) in [5.41, 5.74) is 0.741. The van der Waals surface area contributed by atoms with Crippen molar-refractivity contribution < 1.29 is 5.11 Å². The van der Waals surface area contributed by atoms with E-state index in [4.69, 9.17) is 0 Å². The number of hydrogen-bond donors (Lipinski definition) is 2. The number of aryl methyl sites for hydroxylation is 1. The SMILES string of the molecule is CCc1cc(=O)[nH]c(-c2ccc(N3CCC(C)(O)C3)nc2)n1. The molecule has 22 heavy (non-hydrogen) atoms. The Bertz CT molecular complexity index is 722. The van der Waals surface area contributed by atoms with E-state index >= 15 is 0 Å². The molecule has 1 aliphatic heterocycles. The summed E-state index contributed by atoms with van der Waals surface area (Å²) in [6, 6.07) is 5.31. The molecule has 0 saturated carbocycles. The van der Waals surface area contributed by atoms with Gasteiger partial charge in [0.25, 0.3) is 5.56 Å². The molecule has 3 heterocycles. The van der Waals surface area contributed by atoms with Crippen LogP contribution in [0.2, 0.25) is 0 Å². The van der Waals surface area contributed by atoms with E-state index in [1.54, 1.807) is 6.20 Å². The quantitative estimate of drug-likeness (QED) is 0.894. The van der Waals surface area contributed by atoms with E-state index in [9.17, 15) is 9.90 Å². The molecular weight excluding hydrogens is 280 g/mol. The second-order valence-corrected chi connectivity index (χ2v) is 6.01. The maximum atomic E-state index is 11.6. The van der Waals surface area contributed by atoms with Crippen LogP contribution in [0.4, 0.5) is 5.82 Å². The van der Waals surface area contributed by atoms with Crippen LogP contribution in [0, 0.1) is 0 Å².